The molecule has 0 bridgehead atoms. The Balaban J connectivity index is 2.09. The summed E-state index contributed by atoms with van der Waals surface area (Å²) in [7, 11) is 0. The molecule has 1 unspecified atom stereocenters. The molecule has 0 spiro atoms. The van der Waals surface area contributed by atoms with E-state index >= 15 is 0 Å². The highest BCUT2D eigenvalue weighted by Crippen LogP contribution is 2.26. The third-order valence-corrected chi connectivity index (χ3v) is 2.74. The van der Waals surface area contributed by atoms with Crippen LogP contribution in [0.4, 0.5) is 11.5 Å². The first-order valence-electron chi connectivity index (χ1n) is 5.96. The Labute approximate surface area is 101 Å². The molecule has 3 N–H and O–H groups in total. The van der Waals surface area contributed by atoms with Crippen molar-refractivity contribution in [2.45, 2.75) is 32.2 Å². The molecule has 0 fully saturated rings. The second-order valence-corrected chi connectivity index (χ2v) is 4.00. The summed E-state index contributed by atoms with van der Waals surface area (Å²) in [4.78, 5) is 8.17. The van der Waals surface area contributed by atoms with Gasteiger partial charge in [-0.3, -0.25) is 0 Å². The van der Waals surface area contributed by atoms with Gasteiger partial charge in [-0.1, -0.05) is 12.2 Å². The van der Waals surface area contributed by atoms with Gasteiger partial charge in [0.15, 0.2) is 5.82 Å². The Morgan fingerprint density at radius 3 is 3.06 bits per heavy atom. The highest BCUT2D eigenvalue weighted by molar-refractivity contribution is 5.66. The van der Waals surface area contributed by atoms with Gasteiger partial charge in [-0.05, 0) is 26.2 Å². The number of ether oxygens (including phenoxy) is 1. The summed E-state index contributed by atoms with van der Waals surface area (Å²) in [6.07, 6.45) is 9.07. The van der Waals surface area contributed by atoms with Gasteiger partial charge in [0.2, 0.25) is 5.88 Å². The largest absolute Gasteiger partial charge is 0.476 e. The molecule has 1 atom stereocenters. The number of allylic oxidation sites excluding steroid dienone is 1. The fraction of sp³-hybridized carbons (Fsp3) is 0.500. The number of aromatic nitrogens is 2. The molecule has 0 saturated heterocycles. The summed E-state index contributed by atoms with van der Waals surface area (Å²) in [5, 5.41) is 3.34. The Morgan fingerprint density at radius 2 is 2.35 bits per heavy atom. The van der Waals surface area contributed by atoms with Gasteiger partial charge >= 0.3 is 0 Å². The van der Waals surface area contributed by atoms with E-state index < -0.39 is 0 Å². The van der Waals surface area contributed by atoms with Gasteiger partial charge in [-0.2, -0.15) is 4.98 Å². The molecular weight excluding hydrogens is 216 g/mol. The van der Waals surface area contributed by atoms with E-state index in [1.165, 1.54) is 6.33 Å². The van der Waals surface area contributed by atoms with E-state index in [0.29, 0.717) is 30.0 Å². The van der Waals surface area contributed by atoms with Crippen molar-refractivity contribution in [2.24, 2.45) is 0 Å². The molecular formula is C12H18N4O. The number of nitrogens with two attached hydrogens (primary N) is 1. The molecule has 0 aliphatic heterocycles. The zero-order valence-electron chi connectivity index (χ0n) is 10.0. The molecule has 0 saturated carbocycles. The summed E-state index contributed by atoms with van der Waals surface area (Å²) in [5.74, 6) is 1.13. The van der Waals surface area contributed by atoms with Gasteiger partial charge in [-0.15, -0.1) is 0 Å². The van der Waals surface area contributed by atoms with Gasteiger partial charge in [0.1, 0.15) is 12.0 Å². The van der Waals surface area contributed by atoms with E-state index in [0.717, 1.165) is 19.3 Å². The molecule has 5 nitrogen and oxygen atoms in total. The number of nitrogens with one attached hydrogen (secondary N) is 1. The van der Waals surface area contributed by atoms with Crippen LogP contribution in [0, 0.1) is 0 Å². The summed E-state index contributed by atoms with van der Waals surface area (Å²) < 4.78 is 5.34. The van der Waals surface area contributed by atoms with Gasteiger partial charge < -0.3 is 15.8 Å². The quantitative estimate of drug-likeness (QED) is 0.779. The number of hydrogen-bond donors (Lipinski definition) is 2. The lowest BCUT2D eigenvalue weighted by atomic mass is 10.0. The number of anilines is 2. The third kappa shape index (κ3) is 2.87. The lowest BCUT2D eigenvalue weighted by Gasteiger charge is -2.21. The highest BCUT2D eigenvalue weighted by atomic mass is 16.5. The first kappa shape index (κ1) is 11.7. The van der Waals surface area contributed by atoms with Crippen LogP contribution in [0.5, 0.6) is 5.88 Å². The van der Waals surface area contributed by atoms with Crippen molar-refractivity contribution in [3.63, 3.8) is 0 Å². The van der Waals surface area contributed by atoms with Gasteiger partial charge in [0.05, 0.1) is 6.61 Å². The standard InChI is InChI=1S/C12H18N4O/c1-2-17-12-10(13)11(14-8-15-12)16-9-6-4-3-5-7-9/h3-4,8-9H,2,5-7,13H2,1H3,(H,14,15,16). The smallest absolute Gasteiger partial charge is 0.242 e. The predicted molar refractivity (Wildman–Crippen MR) is 68.0 cm³/mol. The first-order chi connectivity index (χ1) is 8.31. The van der Waals surface area contributed by atoms with E-state index in [2.05, 4.69) is 27.4 Å². The summed E-state index contributed by atoms with van der Waals surface area (Å²) >= 11 is 0. The predicted octanol–water partition coefficient (Wildman–Crippen LogP) is 1.98. The topological polar surface area (TPSA) is 73.1 Å². The summed E-state index contributed by atoms with van der Waals surface area (Å²) in [5.41, 5.74) is 6.45. The lowest BCUT2D eigenvalue weighted by Crippen LogP contribution is -2.22. The Morgan fingerprint density at radius 1 is 1.47 bits per heavy atom. The first-order valence-corrected chi connectivity index (χ1v) is 5.96. The van der Waals surface area contributed by atoms with E-state index in [1.54, 1.807) is 0 Å². The van der Waals surface area contributed by atoms with Crippen molar-refractivity contribution in [3.05, 3.63) is 18.5 Å². The molecule has 0 aromatic carbocycles. The SMILES string of the molecule is CCOc1ncnc(NC2CC=CCC2)c1N. The van der Waals surface area contributed by atoms with Crippen LogP contribution in [0.2, 0.25) is 0 Å². The van der Waals surface area contributed by atoms with Crippen LogP contribution in [0.25, 0.3) is 0 Å². The minimum Gasteiger partial charge on any atom is -0.476 e. The van der Waals surface area contributed by atoms with E-state index in [9.17, 15) is 0 Å². The van der Waals surface area contributed by atoms with Crippen molar-refractivity contribution in [2.75, 3.05) is 17.7 Å². The average molecular weight is 234 g/mol. The lowest BCUT2D eigenvalue weighted by molar-refractivity contribution is 0.328. The van der Waals surface area contributed by atoms with Crippen molar-refractivity contribution < 1.29 is 4.74 Å². The van der Waals surface area contributed by atoms with Crippen LogP contribution in [-0.4, -0.2) is 22.6 Å². The van der Waals surface area contributed by atoms with Crippen LogP contribution in [0.1, 0.15) is 26.2 Å². The molecule has 1 aromatic rings. The van der Waals surface area contributed by atoms with Crippen molar-refractivity contribution >= 4 is 11.5 Å². The van der Waals surface area contributed by atoms with E-state index in [1.807, 2.05) is 6.92 Å². The van der Waals surface area contributed by atoms with Gasteiger partial charge in [0, 0.05) is 6.04 Å². The van der Waals surface area contributed by atoms with Crippen LogP contribution in [0.15, 0.2) is 18.5 Å². The van der Waals surface area contributed by atoms with Crippen molar-refractivity contribution in [3.8, 4) is 5.88 Å². The Hall–Kier alpha value is -1.78. The maximum atomic E-state index is 5.96. The average Bonchev–Trinajstić information content (AvgIpc) is 2.36. The zero-order chi connectivity index (χ0) is 12.1. The number of rotatable bonds is 4. The molecule has 1 aliphatic carbocycles. The second-order valence-electron chi connectivity index (χ2n) is 4.00. The minimum absolute atomic E-state index is 0.395. The van der Waals surface area contributed by atoms with Crippen molar-refractivity contribution in [1.82, 2.24) is 9.97 Å². The van der Waals surface area contributed by atoms with E-state index in [4.69, 9.17) is 10.5 Å². The van der Waals surface area contributed by atoms with Crippen LogP contribution in [0.3, 0.4) is 0 Å². The molecule has 92 valence electrons. The Kier molecular flexibility index (Phi) is 3.80. The molecule has 17 heavy (non-hydrogen) atoms. The van der Waals surface area contributed by atoms with Gasteiger partial charge in [0.25, 0.3) is 0 Å². The number of nitrogen functional groups attached to an aromatic ring is 1. The van der Waals surface area contributed by atoms with Crippen LogP contribution >= 0.6 is 0 Å². The summed E-state index contributed by atoms with van der Waals surface area (Å²) in [6.45, 7) is 2.45. The molecule has 1 aromatic heterocycles. The van der Waals surface area contributed by atoms with Gasteiger partial charge in [-0.25, -0.2) is 4.98 Å². The molecule has 0 radical (unpaired) electrons. The van der Waals surface area contributed by atoms with Crippen molar-refractivity contribution in [1.29, 1.82) is 0 Å². The van der Waals surface area contributed by atoms with Crippen LogP contribution in [-0.2, 0) is 0 Å². The second kappa shape index (κ2) is 5.52. The normalized spacial score (nSPS) is 19.0. The van der Waals surface area contributed by atoms with Crippen LogP contribution < -0.4 is 15.8 Å². The molecule has 2 rings (SSSR count). The third-order valence-electron chi connectivity index (χ3n) is 2.74. The minimum atomic E-state index is 0.395. The highest BCUT2D eigenvalue weighted by Gasteiger charge is 2.14. The number of hydrogen-bond acceptors (Lipinski definition) is 5. The fourth-order valence-electron chi connectivity index (χ4n) is 1.86. The molecule has 1 aliphatic rings. The zero-order valence-corrected chi connectivity index (χ0v) is 10.0. The fourth-order valence-corrected chi connectivity index (χ4v) is 1.86. The Bertz CT molecular complexity index is 405. The summed E-state index contributed by atoms with van der Waals surface area (Å²) in [6, 6.07) is 0.395. The molecule has 5 heteroatoms. The maximum Gasteiger partial charge on any atom is 0.242 e. The molecule has 0 amide bonds. The monoisotopic (exact) mass is 234 g/mol. The van der Waals surface area contributed by atoms with E-state index in [-0.39, 0.29) is 0 Å². The number of nitrogens with zero attached hydrogens (tertiary/aromatic N) is 2. The maximum absolute atomic E-state index is 5.96. The molecule has 1 heterocycles.